The van der Waals surface area contributed by atoms with Gasteiger partial charge in [0, 0.05) is 14.5 Å². The molecule has 0 saturated carbocycles. The van der Waals surface area contributed by atoms with Crippen molar-refractivity contribution >= 4 is 51.1 Å². The molecule has 0 atom stereocenters. The molecule has 104 valence electrons. The summed E-state index contributed by atoms with van der Waals surface area (Å²) in [5.41, 5.74) is 2.00. The van der Waals surface area contributed by atoms with Crippen molar-refractivity contribution in [2.24, 2.45) is 0 Å². The fourth-order valence-corrected chi connectivity index (χ4v) is 3.03. The van der Waals surface area contributed by atoms with Crippen molar-refractivity contribution < 1.29 is 9.90 Å². The van der Waals surface area contributed by atoms with Crippen molar-refractivity contribution in [2.45, 2.75) is 0 Å². The first-order valence-electron chi connectivity index (χ1n) is 6.15. The molecule has 1 aromatic heterocycles. The molecule has 3 aromatic rings. The average molecular weight is 410 g/mol. The predicted molar refractivity (Wildman–Crippen MR) is 91.9 cm³/mol. The number of aromatic carboxylic acids is 1. The van der Waals surface area contributed by atoms with Crippen molar-refractivity contribution in [3.8, 4) is 11.3 Å². The molecule has 1 N–H and O–H groups in total. The van der Waals surface area contributed by atoms with Crippen LogP contribution in [0.4, 0.5) is 0 Å². The molecule has 0 bridgehead atoms. The lowest BCUT2D eigenvalue weighted by Gasteiger charge is -2.10. The summed E-state index contributed by atoms with van der Waals surface area (Å²) in [6.07, 6.45) is 0. The van der Waals surface area contributed by atoms with Gasteiger partial charge < -0.3 is 5.11 Å². The van der Waals surface area contributed by atoms with Crippen LogP contribution in [0, 0.1) is 3.57 Å². The van der Waals surface area contributed by atoms with Gasteiger partial charge in [-0.2, -0.15) is 0 Å². The fraction of sp³-hybridized carbons (Fsp3) is 0. The Morgan fingerprint density at radius 1 is 1.14 bits per heavy atom. The molecule has 21 heavy (non-hydrogen) atoms. The highest BCUT2D eigenvalue weighted by molar-refractivity contribution is 14.1. The van der Waals surface area contributed by atoms with Crippen LogP contribution in [0.15, 0.2) is 48.5 Å². The summed E-state index contributed by atoms with van der Waals surface area (Å²) >= 11 is 8.46. The van der Waals surface area contributed by atoms with E-state index in [1.807, 2.05) is 42.5 Å². The second kappa shape index (κ2) is 5.61. The summed E-state index contributed by atoms with van der Waals surface area (Å²) < 4.78 is 0.938. The SMILES string of the molecule is O=C(O)c1c(Cl)c(-c2ccccc2)nc2ccc(I)cc12. The summed E-state index contributed by atoms with van der Waals surface area (Å²) in [6, 6.07) is 14.8. The van der Waals surface area contributed by atoms with Crippen LogP contribution in [-0.2, 0) is 0 Å². The highest BCUT2D eigenvalue weighted by Crippen LogP contribution is 2.34. The van der Waals surface area contributed by atoms with E-state index in [1.54, 1.807) is 6.07 Å². The molecule has 0 amide bonds. The minimum Gasteiger partial charge on any atom is -0.478 e. The molecule has 5 heteroatoms. The first kappa shape index (κ1) is 14.3. The third kappa shape index (κ3) is 2.61. The monoisotopic (exact) mass is 409 g/mol. The number of halogens is 2. The summed E-state index contributed by atoms with van der Waals surface area (Å²) in [5, 5.41) is 10.2. The lowest BCUT2D eigenvalue weighted by atomic mass is 10.0. The zero-order chi connectivity index (χ0) is 15.0. The normalized spacial score (nSPS) is 10.8. The van der Waals surface area contributed by atoms with Gasteiger partial charge in [0.05, 0.1) is 21.8 Å². The highest BCUT2D eigenvalue weighted by Gasteiger charge is 2.19. The molecule has 3 nitrogen and oxygen atoms in total. The third-order valence-electron chi connectivity index (χ3n) is 3.15. The van der Waals surface area contributed by atoms with Gasteiger partial charge in [-0.1, -0.05) is 41.9 Å². The third-order valence-corrected chi connectivity index (χ3v) is 4.19. The van der Waals surface area contributed by atoms with E-state index in [2.05, 4.69) is 27.6 Å². The maximum Gasteiger partial charge on any atom is 0.337 e. The molecule has 0 saturated heterocycles. The van der Waals surface area contributed by atoms with Crippen molar-refractivity contribution in [3.63, 3.8) is 0 Å². The van der Waals surface area contributed by atoms with Gasteiger partial charge in [0.15, 0.2) is 0 Å². The summed E-state index contributed by atoms with van der Waals surface area (Å²) in [6.45, 7) is 0. The number of carbonyl (C=O) groups is 1. The van der Waals surface area contributed by atoms with E-state index >= 15 is 0 Å². The molecule has 0 fully saturated rings. The van der Waals surface area contributed by atoms with Crippen LogP contribution in [0.25, 0.3) is 22.2 Å². The molecule has 0 aliphatic carbocycles. The summed E-state index contributed by atoms with van der Waals surface area (Å²) in [7, 11) is 0. The van der Waals surface area contributed by atoms with Crippen LogP contribution in [-0.4, -0.2) is 16.1 Å². The number of carboxylic acid groups (broad SMARTS) is 1. The van der Waals surface area contributed by atoms with Gasteiger partial charge in [-0.15, -0.1) is 0 Å². The Hall–Kier alpha value is -1.66. The molecule has 0 radical (unpaired) electrons. The first-order chi connectivity index (χ1) is 10.1. The van der Waals surface area contributed by atoms with Gasteiger partial charge in [0.25, 0.3) is 0 Å². The number of benzene rings is 2. The van der Waals surface area contributed by atoms with E-state index in [4.69, 9.17) is 11.6 Å². The van der Waals surface area contributed by atoms with Crippen molar-refractivity contribution in [1.29, 1.82) is 0 Å². The lowest BCUT2D eigenvalue weighted by molar-refractivity contribution is 0.0699. The van der Waals surface area contributed by atoms with E-state index in [9.17, 15) is 9.90 Å². The average Bonchev–Trinajstić information content (AvgIpc) is 2.47. The second-order valence-corrected chi connectivity index (χ2v) is 6.11. The Morgan fingerprint density at radius 2 is 1.86 bits per heavy atom. The van der Waals surface area contributed by atoms with Gasteiger partial charge in [-0.05, 0) is 40.8 Å². The molecule has 3 rings (SSSR count). The van der Waals surface area contributed by atoms with E-state index in [0.717, 1.165) is 9.13 Å². The number of nitrogens with zero attached hydrogens (tertiary/aromatic N) is 1. The largest absolute Gasteiger partial charge is 0.478 e. The summed E-state index contributed by atoms with van der Waals surface area (Å²) in [4.78, 5) is 16.1. The highest BCUT2D eigenvalue weighted by atomic mass is 127. The van der Waals surface area contributed by atoms with Crippen LogP contribution in [0.5, 0.6) is 0 Å². The van der Waals surface area contributed by atoms with Gasteiger partial charge >= 0.3 is 5.97 Å². The minimum absolute atomic E-state index is 0.0963. The second-order valence-electron chi connectivity index (χ2n) is 4.48. The Balaban J connectivity index is 2.41. The zero-order valence-corrected chi connectivity index (χ0v) is 13.6. The molecule has 2 aromatic carbocycles. The number of hydrogen-bond acceptors (Lipinski definition) is 2. The van der Waals surface area contributed by atoms with Gasteiger partial charge in [-0.25, -0.2) is 9.78 Å². The van der Waals surface area contributed by atoms with Crippen LogP contribution in [0.1, 0.15) is 10.4 Å². The Morgan fingerprint density at radius 3 is 2.52 bits per heavy atom. The maximum atomic E-state index is 11.6. The molecule has 0 aliphatic rings. The van der Waals surface area contributed by atoms with Gasteiger partial charge in [-0.3, -0.25) is 0 Å². The first-order valence-corrected chi connectivity index (χ1v) is 7.61. The molecule has 1 heterocycles. The molecular weight excluding hydrogens is 401 g/mol. The van der Waals surface area contributed by atoms with E-state index < -0.39 is 5.97 Å². The number of rotatable bonds is 2. The number of carboxylic acids is 1. The van der Waals surface area contributed by atoms with Crippen molar-refractivity contribution in [2.75, 3.05) is 0 Å². The maximum absolute atomic E-state index is 11.6. The number of fused-ring (bicyclic) bond motifs is 1. The Bertz CT molecular complexity index is 850. The number of pyridine rings is 1. The molecular formula is C16H9ClINO2. The predicted octanol–water partition coefficient (Wildman–Crippen LogP) is 4.86. The molecule has 0 unspecified atom stereocenters. The van der Waals surface area contributed by atoms with Crippen LogP contribution >= 0.6 is 34.2 Å². The Kier molecular flexibility index (Phi) is 3.82. The van der Waals surface area contributed by atoms with E-state index in [0.29, 0.717) is 16.6 Å². The summed E-state index contributed by atoms with van der Waals surface area (Å²) in [5.74, 6) is -1.05. The van der Waals surface area contributed by atoms with Crippen molar-refractivity contribution in [3.05, 3.63) is 62.7 Å². The minimum atomic E-state index is -1.05. The molecule has 0 spiro atoms. The van der Waals surface area contributed by atoms with Crippen molar-refractivity contribution in [1.82, 2.24) is 4.98 Å². The van der Waals surface area contributed by atoms with Gasteiger partial charge in [0.2, 0.25) is 0 Å². The molecule has 0 aliphatic heterocycles. The fourth-order valence-electron chi connectivity index (χ4n) is 2.21. The smallest absolute Gasteiger partial charge is 0.337 e. The van der Waals surface area contributed by atoms with Crippen LogP contribution < -0.4 is 0 Å². The standard InChI is InChI=1S/C16H9ClINO2/c17-14-13(16(20)21)11-8-10(18)6-7-12(11)19-15(14)9-4-2-1-3-5-9/h1-8H,(H,20,21). The number of aromatic nitrogens is 1. The zero-order valence-electron chi connectivity index (χ0n) is 10.7. The van der Waals surface area contributed by atoms with Gasteiger partial charge in [0.1, 0.15) is 0 Å². The lowest BCUT2D eigenvalue weighted by Crippen LogP contribution is -2.02. The van der Waals surface area contributed by atoms with Crippen LogP contribution in [0.3, 0.4) is 0 Å². The number of hydrogen-bond donors (Lipinski definition) is 1. The quantitative estimate of drug-likeness (QED) is 0.615. The van der Waals surface area contributed by atoms with E-state index in [1.165, 1.54) is 0 Å². The van der Waals surface area contributed by atoms with Crippen LogP contribution in [0.2, 0.25) is 5.02 Å². The topological polar surface area (TPSA) is 50.2 Å². The van der Waals surface area contributed by atoms with E-state index in [-0.39, 0.29) is 10.6 Å². The Labute approximate surface area is 139 Å².